The van der Waals surface area contributed by atoms with E-state index in [0.29, 0.717) is 47.7 Å². The van der Waals surface area contributed by atoms with Gasteiger partial charge in [-0.25, -0.2) is 23.2 Å². The lowest BCUT2D eigenvalue weighted by Crippen LogP contribution is -2.36. The van der Waals surface area contributed by atoms with E-state index >= 15 is 0 Å². The number of para-hydroxylation sites is 1. The average molecular weight is 668 g/mol. The van der Waals surface area contributed by atoms with Crippen molar-refractivity contribution < 1.29 is 32.6 Å². The van der Waals surface area contributed by atoms with Crippen molar-refractivity contribution in [3.63, 3.8) is 0 Å². The highest BCUT2D eigenvalue weighted by Gasteiger charge is 2.37. The van der Waals surface area contributed by atoms with Crippen molar-refractivity contribution in [2.75, 3.05) is 17.7 Å². The lowest BCUT2D eigenvalue weighted by atomic mass is 10.00. The molecule has 3 heterocycles. The zero-order valence-electron chi connectivity index (χ0n) is 27.6. The number of benzene rings is 2. The predicted octanol–water partition coefficient (Wildman–Crippen LogP) is 5.65. The van der Waals surface area contributed by atoms with Crippen LogP contribution in [0.2, 0.25) is 0 Å². The van der Waals surface area contributed by atoms with Gasteiger partial charge >= 0.3 is 6.09 Å². The molecule has 254 valence electrons. The summed E-state index contributed by atoms with van der Waals surface area (Å²) in [6.45, 7) is 8.99. The highest BCUT2D eigenvalue weighted by atomic mass is 32.2. The number of ether oxygens (including phenoxy) is 2. The summed E-state index contributed by atoms with van der Waals surface area (Å²) in [5, 5.41) is 16.3. The summed E-state index contributed by atoms with van der Waals surface area (Å²) in [7, 11) is -3.78. The molecular formula is C34H45N5O7S. The molecule has 0 saturated heterocycles. The van der Waals surface area contributed by atoms with Crippen molar-refractivity contribution in [3.05, 3.63) is 59.9 Å². The zero-order chi connectivity index (χ0) is 34.4. The Morgan fingerprint density at radius 2 is 1.83 bits per heavy atom. The van der Waals surface area contributed by atoms with Gasteiger partial charge in [-0.3, -0.25) is 4.79 Å². The van der Waals surface area contributed by atoms with Crippen LogP contribution in [-0.4, -0.2) is 58.6 Å². The molecule has 2 aliphatic rings. The summed E-state index contributed by atoms with van der Waals surface area (Å²) in [5.74, 6) is -0.331. The average Bonchev–Trinajstić information content (AvgIpc) is 2.99. The highest BCUT2D eigenvalue weighted by molar-refractivity contribution is 7.92. The molecule has 47 heavy (non-hydrogen) atoms. The number of aliphatic hydroxyl groups excluding tert-OH is 1. The monoisotopic (exact) mass is 667 g/mol. The molecule has 2 aliphatic heterocycles. The van der Waals surface area contributed by atoms with Gasteiger partial charge in [0.05, 0.1) is 39.9 Å². The van der Waals surface area contributed by atoms with Crippen LogP contribution in [0, 0.1) is 0 Å². The van der Waals surface area contributed by atoms with Crippen molar-refractivity contribution in [3.8, 4) is 17.0 Å². The normalized spacial score (nSPS) is 18.8. The third kappa shape index (κ3) is 9.19. The molecule has 5 rings (SSSR count). The number of carbonyl (C=O) groups excluding carboxylic acids is 2. The topological polar surface area (TPSA) is 183 Å². The number of anilines is 2. The Hall–Kier alpha value is -4.23. The van der Waals surface area contributed by atoms with Gasteiger partial charge in [0.2, 0.25) is 0 Å². The smallest absolute Gasteiger partial charge is 0.407 e. The van der Waals surface area contributed by atoms with E-state index in [1.54, 1.807) is 65.0 Å². The molecule has 2 aromatic carbocycles. The maximum absolute atomic E-state index is 13.5. The fraction of sp³-hybridized carbons (Fsp3) is 0.471. The summed E-state index contributed by atoms with van der Waals surface area (Å²) >= 11 is 0. The van der Waals surface area contributed by atoms with Crippen LogP contribution >= 0.6 is 0 Å². The Kier molecular flexibility index (Phi) is 11.1. The molecule has 0 unspecified atom stereocenters. The number of aromatic nitrogens is 2. The van der Waals surface area contributed by atoms with Crippen LogP contribution in [0.4, 0.5) is 16.3 Å². The number of rotatable bonds is 2. The van der Waals surface area contributed by atoms with Gasteiger partial charge < -0.3 is 30.9 Å². The summed E-state index contributed by atoms with van der Waals surface area (Å²) < 4.78 is 37.4. The molecular weight excluding hydrogens is 622 g/mol. The number of carbonyl (C=O) groups is 2. The number of nitrogen functional groups attached to an aromatic ring is 1. The second-order valence-electron chi connectivity index (χ2n) is 13.3. The number of sulfone groups is 1. The van der Waals surface area contributed by atoms with E-state index in [1.165, 1.54) is 18.3 Å². The first-order chi connectivity index (χ1) is 22.1. The summed E-state index contributed by atoms with van der Waals surface area (Å²) in [5.41, 5.74) is 7.11. The van der Waals surface area contributed by atoms with Gasteiger partial charge in [-0.1, -0.05) is 43.5 Å². The van der Waals surface area contributed by atoms with E-state index in [2.05, 4.69) is 20.6 Å². The number of hydrogen-bond donors (Lipinski definition) is 4. The SMILES string of the molecule is CC(C)(C)OC(=O)NCc1cccc2c1OCCCCCC[C@H](O)CC(C)(C)S(=O)(=O)c1ccc(cc1)-c1cnc(N)c(n1)C(=O)N2. The van der Waals surface area contributed by atoms with E-state index in [-0.39, 0.29) is 29.4 Å². The number of alkyl carbamates (subject to hydrolysis) is 1. The van der Waals surface area contributed by atoms with Crippen LogP contribution in [-0.2, 0) is 21.1 Å². The zero-order valence-corrected chi connectivity index (χ0v) is 28.4. The van der Waals surface area contributed by atoms with Gasteiger partial charge in [0.1, 0.15) is 11.4 Å². The molecule has 1 atom stereocenters. The molecule has 1 aromatic heterocycles. The standard InChI is InChI=1S/C34H45N5O7S/c1-33(2,3)46-32(42)37-20-23-11-10-13-26-29(23)45-18-9-7-6-8-12-24(40)19-34(4,5)47(43,44)25-16-14-22(15-17-25)27-21-36-30(35)28(38-27)31(41)39-26/h10-11,13-17,21,24,40H,6-9,12,18-20H2,1-5H3,(H2,35,36)(H,37,42)(H,39,41)/t24-/m0/s1. The first-order valence-electron chi connectivity index (χ1n) is 15.8. The molecule has 4 bridgehead atoms. The lowest BCUT2D eigenvalue weighted by Gasteiger charge is -2.27. The fourth-order valence-electron chi connectivity index (χ4n) is 5.27. The first kappa shape index (κ1) is 35.6. The van der Waals surface area contributed by atoms with Crippen LogP contribution in [0.1, 0.15) is 89.2 Å². The Balaban J connectivity index is 1.68. The minimum absolute atomic E-state index is 0.0886. The molecule has 0 saturated carbocycles. The number of nitrogens with one attached hydrogen (secondary N) is 2. The van der Waals surface area contributed by atoms with Crippen molar-refractivity contribution in [2.24, 2.45) is 0 Å². The molecule has 13 heteroatoms. The fourth-order valence-corrected chi connectivity index (χ4v) is 6.82. The maximum atomic E-state index is 13.5. The van der Waals surface area contributed by atoms with Gasteiger partial charge in [-0.15, -0.1) is 0 Å². The van der Waals surface area contributed by atoms with Gasteiger partial charge in [0.25, 0.3) is 5.91 Å². The molecule has 0 fully saturated rings. The third-order valence-corrected chi connectivity index (χ3v) is 10.3. The molecule has 2 amide bonds. The van der Waals surface area contributed by atoms with Crippen molar-refractivity contribution in [1.82, 2.24) is 15.3 Å². The Bertz CT molecular complexity index is 1690. The van der Waals surface area contributed by atoms with E-state index in [4.69, 9.17) is 15.2 Å². The van der Waals surface area contributed by atoms with Crippen LogP contribution in [0.3, 0.4) is 0 Å². The quantitative estimate of drug-likeness (QED) is 0.266. The molecule has 12 nitrogen and oxygen atoms in total. The van der Waals surface area contributed by atoms with E-state index in [0.717, 1.165) is 19.3 Å². The molecule has 0 spiro atoms. The molecule has 5 N–H and O–H groups in total. The van der Waals surface area contributed by atoms with Crippen molar-refractivity contribution >= 4 is 33.3 Å². The van der Waals surface area contributed by atoms with Crippen molar-refractivity contribution in [2.45, 2.75) is 101 Å². The highest BCUT2D eigenvalue weighted by Crippen LogP contribution is 2.33. The van der Waals surface area contributed by atoms with Crippen molar-refractivity contribution in [1.29, 1.82) is 0 Å². The Morgan fingerprint density at radius 1 is 1.13 bits per heavy atom. The van der Waals surface area contributed by atoms with Gasteiger partial charge in [0.15, 0.2) is 21.3 Å². The van der Waals surface area contributed by atoms with Gasteiger partial charge in [0, 0.05) is 17.7 Å². The number of hydrogen-bond acceptors (Lipinski definition) is 10. The summed E-state index contributed by atoms with van der Waals surface area (Å²) in [4.78, 5) is 34.7. The van der Waals surface area contributed by atoms with Crippen LogP contribution in [0.25, 0.3) is 11.3 Å². The van der Waals surface area contributed by atoms with Crippen LogP contribution in [0.15, 0.2) is 53.6 Å². The van der Waals surface area contributed by atoms with E-state index in [9.17, 15) is 23.1 Å². The summed E-state index contributed by atoms with van der Waals surface area (Å²) in [6, 6.07) is 11.4. The van der Waals surface area contributed by atoms with Crippen LogP contribution < -0.4 is 21.1 Å². The van der Waals surface area contributed by atoms with Gasteiger partial charge in [-0.2, -0.15) is 0 Å². The summed E-state index contributed by atoms with van der Waals surface area (Å²) in [6.07, 6.45) is 3.66. The molecule has 0 radical (unpaired) electrons. The third-order valence-electron chi connectivity index (χ3n) is 7.78. The largest absolute Gasteiger partial charge is 0.491 e. The lowest BCUT2D eigenvalue weighted by molar-refractivity contribution is 0.0523. The number of nitrogens with two attached hydrogens (primary N) is 1. The predicted molar refractivity (Wildman–Crippen MR) is 180 cm³/mol. The number of nitrogens with zero attached hydrogens (tertiary/aromatic N) is 2. The molecule has 0 aliphatic carbocycles. The maximum Gasteiger partial charge on any atom is 0.407 e. The number of fused-ring (bicyclic) bond motifs is 13. The molecule has 3 aromatic rings. The minimum atomic E-state index is -3.78. The second-order valence-corrected chi connectivity index (χ2v) is 15.9. The van der Waals surface area contributed by atoms with E-state index < -0.39 is 38.3 Å². The van der Waals surface area contributed by atoms with Gasteiger partial charge in [-0.05, 0) is 72.1 Å². The van der Waals surface area contributed by atoms with Crippen LogP contribution in [0.5, 0.6) is 5.75 Å². The number of aliphatic hydroxyl groups is 1. The Labute approximate surface area is 276 Å². The minimum Gasteiger partial charge on any atom is -0.491 e. The second kappa shape index (κ2) is 14.7. The Morgan fingerprint density at radius 3 is 2.53 bits per heavy atom. The van der Waals surface area contributed by atoms with E-state index in [1.807, 2.05) is 0 Å². The first-order valence-corrected chi connectivity index (χ1v) is 17.2. The number of amides is 2.